The van der Waals surface area contributed by atoms with Crippen molar-refractivity contribution in [3.05, 3.63) is 34.3 Å². The summed E-state index contributed by atoms with van der Waals surface area (Å²) in [5.74, 6) is 0.823. The molecule has 9 heteroatoms. The van der Waals surface area contributed by atoms with E-state index < -0.39 is 5.76 Å². The standard InChI is InChI=1S/C15H19N5O4/c1-9(2)13-17-16-11(23-13)3-4-12(21)20-7-5-10(6-8-20)14-18-19-15(22)24-14/h3-4,9-10H,5-8H2,1-2H3,(H,19,22)/b4-3+. The molecule has 0 aliphatic carbocycles. The van der Waals surface area contributed by atoms with E-state index in [2.05, 4.69) is 20.4 Å². The van der Waals surface area contributed by atoms with Crippen LogP contribution in [-0.4, -0.2) is 44.3 Å². The van der Waals surface area contributed by atoms with Gasteiger partial charge in [0.25, 0.3) is 0 Å². The van der Waals surface area contributed by atoms with Gasteiger partial charge in [0.2, 0.25) is 23.6 Å². The lowest BCUT2D eigenvalue weighted by Crippen LogP contribution is -2.37. The van der Waals surface area contributed by atoms with Gasteiger partial charge < -0.3 is 13.7 Å². The number of carbonyl (C=O) groups is 1. The molecular formula is C15H19N5O4. The monoisotopic (exact) mass is 333 g/mol. The average Bonchev–Trinajstić information content (AvgIpc) is 3.22. The topological polar surface area (TPSA) is 118 Å². The van der Waals surface area contributed by atoms with Gasteiger partial charge in [0.1, 0.15) is 0 Å². The number of H-pyrrole nitrogens is 1. The fourth-order valence-corrected chi connectivity index (χ4v) is 2.56. The number of nitrogens with zero attached hydrogens (tertiary/aromatic N) is 4. The van der Waals surface area contributed by atoms with Crippen molar-refractivity contribution in [2.75, 3.05) is 13.1 Å². The van der Waals surface area contributed by atoms with Crippen LogP contribution in [0.5, 0.6) is 0 Å². The second-order valence-electron chi connectivity index (χ2n) is 6.02. The van der Waals surface area contributed by atoms with Crippen LogP contribution in [0.2, 0.25) is 0 Å². The predicted molar refractivity (Wildman–Crippen MR) is 83.1 cm³/mol. The Morgan fingerprint density at radius 3 is 2.62 bits per heavy atom. The maximum atomic E-state index is 12.2. The molecule has 3 heterocycles. The Morgan fingerprint density at radius 1 is 1.29 bits per heavy atom. The molecule has 2 aromatic heterocycles. The number of hydrogen-bond donors (Lipinski definition) is 1. The molecule has 1 aliphatic heterocycles. The largest absolute Gasteiger partial charge is 0.434 e. The van der Waals surface area contributed by atoms with Crippen molar-refractivity contribution >= 4 is 12.0 Å². The molecule has 9 nitrogen and oxygen atoms in total. The Hall–Kier alpha value is -2.71. The van der Waals surface area contributed by atoms with Gasteiger partial charge >= 0.3 is 5.76 Å². The number of nitrogens with one attached hydrogen (secondary N) is 1. The van der Waals surface area contributed by atoms with E-state index in [-0.39, 0.29) is 17.7 Å². The highest BCUT2D eigenvalue weighted by Gasteiger charge is 2.26. The van der Waals surface area contributed by atoms with Crippen molar-refractivity contribution in [3.63, 3.8) is 0 Å². The van der Waals surface area contributed by atoms with E-state index in [0.717, 1.165) is 0 Å². The summed E-state index contributed by atoms with van der Waals surface area (Å²) in [6.45, 7) is 5.06. The Kier molecular flexibility index (Phi) is 4.59. The van der Waals surface area contributed by atoms with Gasteiger partial charge in [0.15, 0.2) is 0 Å². The number of hydrogen-bond acceptors (Lipinski definition) is 7. The number of rotatable bonds is 4. The van der Waals surface area contributed by atoms with E-state index in [1.165, 1.54) is 12.2 Å². The Labute approximate surface area is 137 Å². The van der Waals surface area contributed by atoms with E-state index in [0.29, 0.717) is 43.6 Å². The lowest BCUT2D eigenvalue weighted by atomic mass is 9.97. The van der Waals surface area contributed by atoms with Crippen LogP contribution in [0.4, 0.5) is 0 Å². The molecule has 1 amide bonds. The second kappa shape index (κ2) is 6.81. The third-order valence-electron chi connectivity index (χ3n) is 3.93. The van der Waals surface area contributed by atoms with Crippen LogP contribution in [0.15, 0.2) is 19.7 Å². The number of carbonyl (C=O) groups excluding carboxylic acids is 1. The zero-order chi connectivity index (χ0) is 17.1. The first-order chi connectivity index (χ1) is 11.5. The van der Waals surface area contributed by atoms with Crippen LogP contribution in [-0.2, 0) is 4.79 Å². The summed E-state index contributed by atoms with van der Waals surface area (Å²) in [4.78, 5) is 24.9. The minimum absolute atomic E-state index is 0.0570. The molecule has 0 aromatic carbocycles. The molecule has 128 valence electrons. The normalized spacial score (nSPS) is 16.4. The maximum Gasteiger partial charge on any atom is 0.434 e. The Morgan fingerprint density at radius 2 is 2.04 bits per heavy atom. The molecule has 1 saturated heterocycles. The highest BCUT2D eigenvalue weighted by atomic mass is 16.4. The summed E-state index contributed by atoms with van der Waals surface area (Å²) < 4.78 is 10.4. The SMILES string of the molecule is CC(C)c1nnc(/C=C/C(=O)N2CCC(c3n[nH]c(=O)o3)CC2)o1. The van der Waals surface area contributed by atoms with E-state index >= 15 is 0 Å². The van der Waals surface area contributed by atoms with Gasteiger partial charge in [0.05, 0.1) is 0 Å². The molecular weight excluding hydrogens is 314 g/mol. The molecule has 1 fully saturated rings. The van der Waals surface area contributed by atoms with Gasteiger partial charge in [-0.05, 0) is 12.8 Å². The number of aromatic nitrogens is 4. The van der Waals surface area contributed by atoms with Crippen LogP contribution in [0, 0.1) is 0 Å². The maximum absolute atomic E-state index is 12.2. The van der Waals surface area contributed by atoms with Crippen molar-refractivity contribution in [3.8, 4) is 0 Å². The minimum atomic E-state index is -0.549. The second-order valence-corrected chi connectivity index (χ2v) is 6.02. The summed E-state index contributed by atoms with van der Waals surface area (Å²) in [6, 6.07) is 0. The lowest BCUT2D eigenvalue weighted by Gasteiger charge is -2.29. The Balaban J connectivity index is 1.54. The van der Waals surface area contributed by atoms with Crippen LogP contribution in [0.1, 0.15) is 56.2 Å². The van der Waals surface area contributed by atoms with Crippen LogP contribution < -0.4 is 5.76 Å². The van der Waals surface area contributed by atoms with Crippen molar-refractivity contribution in [1.82, 2.24) is 25.3 Å². The zero-order valence-corrected chi connectivity index (χ0v) is 13.6. The molecule has 0 spiro atoms. The van der Waals surface area contributed by atoms with E-state index in [1.54, 1.807) is 4.90 Å². The van der Waals surface area contributed by atoms with Gasteiger partial charge in [-0.3, -0.25) is 4.79 Å². The van der Waals surface area contributed by atoms with Crippen molar-refractivity contribution < 1.29 is 13.6 Å². The molecule has 0 saturated carbocycles. The molecule has 0 atom stereocenters. The number of aromatic amines is 1. The minimum Gasteiger partial charge on any atom is -0.421 e. The summed E-state index contributed by atoms with van der Waals surface area (Å²) in [5, 5.41) is 13.9. The van der Waals surface area contributed by atoms with Crippen molar-refractivity contribution in [2.45, 2.75) is 38.5 Å². The van der Waals surface area contributed by atoms with Crippen molar-refractivity contribution in [1.29, 1.82) is 0 Å². The molecule has 1 aliphatic rings. The quantitative estimate of drug-likeness (QED) is 0.837. The van der Waals surface area contributed by atoms with Crippen LogP contribution >= 0.6 is 0 Å². The van der Waals surface area contributed by atoms with Gasteiger partial charge in [0, 0.05) is 37.1 Å². The molecule has 2 aromatic rings. The first kappa shape index (κ1) is 16.2. The van der Waals surface area contributed by atoms with Gasteiger partial charge in [-0.1, -0.05) is 13.8 Å². The fourth-order valence-electron chi connectivity index (χ4n) is 2.56. The zero-order valence-electron chi connectivity index (χ0n) is 13.6. The first-order valence-electron chi connectivity index (χ1n) is 7.88. The molecule has 0 radical (unpaired) electrons. The van der Waals surface area contributed by atoms with Crippen LogP contribution in [0.3, 0.4) is 0 Å². The highest BCUT2D eigenvalue weighted by molar-refractivity contribution is 5.91. The summed E-state index contributed by atoms with van der Waals surface area (Å²) in [5.41, 5.74) is 0. The lowest BCUT2D eigenvalue weighted by molar-refractivity contribution is -0.127. The predicted octanol–water partition coefficient (Wildman–Crippen LogP) is 1.29. The molecule has 24 heavy (non-hydrogen) atoms. The fraction of sp³-hybridized carbons (Fsp3) is 0.533. The number of piperidine rings is 1. The van der Waals surface area contributed by atoms with E-state index in [1.807, 2.05) is 13.8 Å². The first-order valence-corrected chi connectivity index (χ1v) is 7.88. The molecule has 1 N–H and O–H groups in total. The number of likely N-dealkylation sites (tertiary alicyclic amines) is 1. The smallest absolute Gasteiger partial charge is 0.421 e. The van der Waals surface area contributed by atoms with Gasteiger partial charge in [-0.2, -0.15) is 0 Å². The van der Waals surface area contributed by atoms with E-state index in [9.17, 15) is 9.59 Å². The number of amides is 1. The average molecular weight is 333 g/mol. The third-order valence-corrected chi connectivity index (χ3v) is 3.93. The Bertz CT molecular complexity index is 780. The molecule has 3 rings (SSSR count). The van der Waals surface area contributed by atoms with Gasteiger partial charge in [-0.15, -0.1) is 15.3 Å². The third kappa shape index (κ3) is 3.61. The summed E-state index contributed by atoms with van der Waals surface area (Å²) in [7, 11) is 0. The van der Waals surface area contributed by atoms with Gasteiger partial charge in [-0.25, -0.2) is 9.89 Å². The summed E-state index contributed by atoms with van der Waals surface area (Å²) in [6.07, 6.45) is 4.36. The highest BCUT2D eigenvalue weighted by Crippen LogP contribution is 2.25. The molecule has 0 bridgehead atoms. The van der Waals surface area contributed by atoms with E-state index in [4.69, 9.17) is 8.83 Å². The molecule has 0 unspecified atom stereocenters. The van der Waals surface area contributed by atoms with Crippen LogP contribution in [0.25, 0.3) is 6.08 Å². The summed E-state index contributed by atoms with van der Waals surface area (Å²) >= 11 is 0. The van der Waals surface area contributed by atoms with Crippen molar-refractivity contribution in [2.24, 2.45) is 0 Å².